The third-order valence-corrected chi connectivity index (χ3v) is 2.29. The summed E-state index contributed by atoms with van der Waals surface area (Å²) in [7, 11) is 0. The van der Waals surface area contributed by atoms with E-state index in [1.807, 2.05) is 25.7 Å². The zero-order valence-corrected chi connectivity index (χ0v) is 8.54. The van der Waals surface area contributed by atoms with E-state index in [0.717, 1.165) is 0 Å². The van der Waals surface area contributed by atoms with E-state index in [0.29, 0.717) is 19.8 Å². The summed E-state index contributed by atoms with van der Waals surface area (Å²) in [5, 5.41) is 3.10. The van der Waals surface area contributed by atoms with Gasteiger partial charge in [0.25, 0.3) is 0 Å². The molecule has 76 valence electrons. The molecule has 0 saturated carbocycles. The molecule has 0 aromatic carbocycles. The molecule has 1 aliphatic rings. The highest BCUT2D eigenvalue weighted by molar-refractivity contribution is 5.80. The van der Waals surface area contributed by atoms with Crippen molar-refractivity contribution >= 4 is 5.91 Å². The Morgan fingerprint density at radius 2 is 2.46 bits per heavy atom. The molecule has 0 spiro atoms. The third-order valence-electron chi connectivity index (χ3n) is 2.29. The molecular weight excluding hydrogens is 168 g/mol. The van der Waals surface area contributed by atoms with Gasteiger partial charge in [-0.2, -0.15) is 0 Å². The highest BCUT2D eigenvalue weighted by Gasteiger charge is 2.30. The van der Waals surface area contributed by atoms with Crippen molar-refractivity contribution in [2.45, 2.75) is 33.0 Å². The molecule has 4 heteroatoms. The quantitative estimate of drug-likeness (QED) is 0.681. The molecular formula is C9H18N2O2. The molecule has 4 nitrogen and oxygen atoms in total. The van der Waals surface area contributed by atoms with E-state index in [2.05, 4.69) is 5.32 Å². The topological polar surface area (TPSA) is 41.6 Å². The minimum Gasteiger partial charge on any atom is -0.380 e. The Morgan fingerprint density at radius 3 is 2.92 bits per heavy atom. The summed E-state index contributed by atoms with van der Waals surface area (Å²) in [5.74, 6) is 0.166. The summed E-state index contributed by atoms with van der Waals surface area (Å²) in [6.07, 6.45) is 0.142. The van der Waals surface area contributed by atoms with Crippen LogP contribution in [0.1, 0.15) is 20.8 Å². The van der Waals surface area contributed by atoms with Crippen LogP contribution in [0.4, 0.5) is 0 Å². The van der Waals surface area contributed by atoms with Crippen LogP contribution in [0.2, 0.25) is 0 Å². The highest BCUT2D eigenvalue weighted by Crippen LogP contribution is 2.09. The van der Waals surface area contributed by atoms with Gasteiger partial charge < -0.3 is 9.64 Å². The second kappa shape index (κ2) is 4.58. The fraction of sp³-hybridized carbons (Fsp3) is 0.889. The molecule has 1 rings (SSSR count). The Bertz CT molecular complexity index is 184. The molecule has 0 aromatic heterocycles. The molecule has 13 heavy (non-hydrogen) atoms. The summed E-state index contributed by atoms with van der Waals surface area (Å²) in [4.78, 5) is 13.2. The number of nitrogens with zero attached hydrogens (tertiary/aromatic N) is 1. The maximum Gasteiger partial charge on any atom is 0.238 e. The zero-order chi connectivity index (χ0) is 9.84. The van der Waals surface area contributed by atoms with Crippen LogP contribution in [-0.4, -0.2) is 42.8 Å². The Balaban J connectivity index is 2.44. The van der Waals surface area contributed by atoms with Crippen LogP contribution in [0.3, 0.4) is 0 Å². The summed E-state index contributed by atoms with van der Waals surface area (Å²) < 4.78 is 5.28. The van der Waals surface area contributed by atoms with Gasteiger partial charge in [-0.15, -0.1) is 0 Å². The molecule has 0 radical (unpaired) electrons. The molecule has 1 N–H and O–H groups in total. The van der Waals surface area contributed by atoms with E-state index in [1.54, 1.807) is 0 Å². The second-order valence-corrected chi connectivity index (χ2v) is 3.37. The Kier molecular flexibility index (Phi) is 3.69. The van der Waals surface area contributed by atoms with E-state index in [-0.39, 0.29) is 18.1 Å². The number of hydrogen-bond donors (Lipinski definition) is 1. The lowest BCUT2D eigenvalue weighted by Crippen LogP contribution is -2.43. The fourth-order valence-electron chi connectivity index (χ4n) is 1.64. The number of rotatable bonds is 4. The predicted molar refractivity (Wildman–Crippen MR) is 50.3 cm³/mol. The predicted octanol–water partition coefficient (Wildman–Crippen LogP) is 0.189. The van der Waals surface area contributed by atoms with Gasteiger partial charge in [0.15, 0.2) is 0 Å². The zero-order valence-electron chi connectivity index (χ0n) is 8.54. The van der Waals surface area contributed by atoms with E-state index in [9.17, 15) is 4.79 Å². The number of carbonyl (C=O) groups excluding carboxylic acids is 1. The van der Waals surface area contributed by atoms with Crippen molar-refractivity contribution in [2.75, 3.05) is 19.8 Å². The average Bonchev–Trinajstić information content (AvgIpc) is 2.42. The minimum absolute atomic E-state index is 0.142. The maximum atomic E-state index is 11.4. The van der Waals surface area contributed by atoms with Gasteiger partial charge in [-0.25, -0.2) is 0 Å². The van der Waals surface area contributed by atoms with Crippen LogP contribution in [0.15, 0.2) is 0 Å². The smallest absolute Gasteiger partial charge is 0.238 e. The molecule has 0 bridgehead atoms. The molecule has 0 aliphatic carbocycles. The van der Waals surface area contributed by atoms with Gasteiger partial charge in [-0.05, 0) is 20.8 Å². The molecule has 1 fully saturated rings. The van der Waals surface area contributed by atoms with Crippen molar-refractivity contribution in [1.82, 2.24) is 10.2 Å². The summed E-state index contributed by atoms with van der Waals surface area (Å²) in [6.45, 7) is 7.74. The Morgan fingerprint density at radius 1 is 1.77 bits per heavy atom. The van der Waals surface area contributed by atoms with Crippen LogP contribution in [0.25, 0.3) is 0 Å². The second-order valence-electron chi connectivity index (χ2n) is 3.37. The standard InChI is InChI=1S/C9H18N2O2/c1-4-13-6-7(2)11-8(3)10-5-9(11)12/h7-8,10H,4-6H2,1-3H3. The molecule has 2 atom stereocenters. The number of ether oxygens (including phenoxy) is 1. The number of nitrogens with one attached hydrogen (secondary N) is 1. The molecule has 1 amide bonds. The number of amides is 1. The van der Waals surface area contributed by atoms with Crippen molar-refractivity contribution in [3.05, 3.63) is 0 Å². The molecule has 1 aliphatic heterocycles. The van der Waals surface area contributed by atoms with Crippen LogP contribution in [0, 0.1) is 0 Å². The largest absolute Gasteiger partial charge is 0.380 e. The van der Waals surface area contributed by atoms with Gasteiger partial charge in [0.1, 0.15) is 0 Å². The van der Waals surface area contributed by atoms with Gasteiger partial charge in [0.05, 0.1) is 25.4 Å². The summed E-state index contributed by atoms with van der Waals surface area (Å²) >= 11 is 0. The Hall–Kier alpha value is -0.610. The lowest BCUT2D eigenvalue weighted by molar-refractivity contribution is -0.130. The lowest BCUT2D eigenvalue weighted by Gasteiger charge is -2.27. The van der Waals surface area contributed by atoms with Crippen molar-refractivity contribution in [3.8, 4) is 0 Å². The Labute approximate surface area is 79.2 Å². The first kappa shape index (κ1) is 10.5. The first-order chi connectivity index (χ1) is 6.16. The average molecular weight is 186 g/mol. The van der Waals surface area contributed by atoms with Crippen LogP contribution < -0.4 is 5.32 Å². The molecule has 1 heterocycles. The van der Waals surface area contributed by atoms with Crippen molar-refractivity contribution in [1.29, 1.82) is 0 Å². The highest BCUT2D eigenvalue weighted by atomic mass is 16.5. The van der Waals surface area contributed by atoms with E-state index in [4.69, 9.17) is 4.74 Å². The van der Waals surface area contributed by atoms with Crippen molar-refractivity contribution < 1.29 is 9.53 Å². The van der Waals surface area contributed by atoms with Gasteiger partial charge in [-0.3, -0.25) is 10.1 Å². The monoisotopic (exact) mass is 186 g/mol. The number of hydrogen-bond acceptors (Lipinski definition) is 3. The van der Waals surface area contributed by atoms with Gasteiger partial charge in [0.2, 0.25) is 5.91 Å². The first-order valence-corrected chi connectivity index (χ1v) is 4.79. The van der Waals surface area contributed by atoms with Crippen molar-refractivity contribution in [2.24, 2.45) is 0 Å². The fourth-order valence-corrected chi connectivity index (χ4v) is 1.64. The van der Waals surface area contributed by atoms with Crippen LogP contribution in [-0.2, 0) is 9.53 Å². The van der Waals surface area contributed by atoms with Gasteiger partial charge in [0, 0.05) is 6.61 Å². The lowest BCUT2D eigenvalue weighted by atomic mass is 10.3. The molecule has 1 saturated heterocycles. The van der Waals surface area contributed by atoms with Gasteiger partial charge >= 0.3 is 0 Å². The van der Waals surface area contributed by atoms with Gasteiger partial charge in [-0.1, -0.05) is 0 Å². The molecule has 2 unspecified atom stereocenters. The van der Waals surface area contributed by atoms with E-state index in [1.165, 1.54) is 0 Å². The minimum atomic E-state index is 0.142. The maximum absolute atomic E-state index is 11.4. The van der Waals surface area contributed by atoms with E-state index < -0.39 is 0 Å². The SMILES string of the molecule is CCOCC(C)N1C(=O)CNC1C. The summed E-state index contributed by atoms with van der Waals surface area (Å²) in [6, 6.07) is 0.164. The van der Waals surface area contributed by atoms with Crippen LogP contribution in [0.5, 0.6) is 0 Å². The summed E-state index contributed by atoms with van der Waals surface area (Å²) in [5.41, 5.74) is 0. The number of carbonyl (C=O) groups is 1. The normalized spacial score (nSPS) is 25.3. The van der Waals surface area contributed by atoms with E-state index >= 15 is 0 Å². The van der Waals surface area contributed by atoms with Crippen molar-refractivity contribution in [3.63, 3.8) is 0 Å². The molecule has 0 aromatic rings. The van der Waals surface area contributed by atoms with Crippen LogP contribution >= 0.6 is 0 Å². The third kappa shape index (κ3) is 2.42. The first-order valence-electron chi connectivity index (χ1n) is 4.79.